The van der Waals surface area contributed by atoms with Crippen molar-refractivity contribution in [3.05, 3.63) is 70.2 Å². The lowest BCUT2D eigenvalue weighted by molar-refractivity contribution is -0.186. The fourth-order valence-corrected chi connectivity index (χ4v) is 7.92. The van der Waals surface area contributed by atoms with Crippen LogP contribution in [-0.4, -0.2) is 104 Å². The van der Waals surface area contributed by atoms with Gasteiger partial charge in [0.25, 0.3) is 5.91 Å². The molecule has 3 amide bonds. The number of ketones is 2. The van der Waals surface area contributed by atoms with Crippen molar-refractivity contribution >= 4 is 35.0 Å². The number of phenolic OH excluding ortho intramolecular Hbond substituents is 1. The van der Waals surface area contributed by atoms with Gasteiger partial charge in [-0.05, 0) is 80.6 Å². The Morgan fingerprint density at radius 3 is 2.30 bits per heavy atom. The number of likely N-dealkylation sites (N-methyl/N-ethyl adjacent to an activating group) is 1. The number of benzene rings is 2. The van der Waals surface area contributed by atoms with Crippen LogP contribution in [0.2, 0.25) is 0 Å². The van der Waals surface area contributed by atoms with Gasteiger partial charge in [0.2, 0.25) is 11.7 Å². The van der Waals surface area contributed by atoms with Crippen molar-refractivity contribution in [1.29, 1.82) is 0 Å². The number of Topliss-reactive ketones (excluding diaryl/α,β-unsaturated/α-hetero) is 2. The Morgan fingerprint density at radius 2 is 1.70 bits per heavy atom. The van der Waals surface area contributed by atoms with E-state index in [4.69, 9.17) is 5.73 Å². The summed E-state index contributed by atoms with van der Waals surface area (Å²) >= 11 is 0. The fraction of sp³-hybridized carbons (Fsp3) is 0.382. The number of hydrogen-bond acceptors (Lipinski definition) is 10. The van der Waals surface area contributed by atoms with E-state index in [1.807, 2.05) is 0 Å². The lowest BCUT2D eigenvalue weighted by Crippen LogP contribution is -2.63. The van der Waals surface area contributed by atoms with Crippen molar-refractivity contribution in [1.82, 2.24) is 9.80 Å². The molecule has 1 fully saturated rings. The smallest absolute Gasteiger partial charge is 0.471 e. The number of nitrogens with one attached hydrogen (secondary N) is 1. The molecule has 4 aliphatic rings. The van der Waals surface area contributed by atoms with Gasteiger partial charge in [0.05, 0.1) is 11.6 Å². The summed E-state index contributed by atoms with van der Waals surface area (Å²) in [4.78, 5) is 66.3. The lowest BCUT2D eigenvalue weighted by Gasteiger charge is -2.50. The average molecular weight is 699 g/mol. The van der Waals surface area contributed by atoms with Crippen LogP contribution in [0.3, 0.4) is 0 Å². The van der Waals surface area contributed by atoms with Gasteiger partial charge in [-0.2, -0.15) is 13.2 Å². The number of anilines is 1. The zero-order valence-corrected chi connectivity index (χ0v) is 26.7. The minimum Gasteiger partial charge on any atom is -0.510 e. The van der Waals surface area contributed by atoms with Crippen molar-refractivity contribution in [3.8, 4) is 16.9 Å². The van der Waals surface area contributed by atoms with Gasteiger partial charge in [-0.15, -0.1) is 0 Å². The summed E-state index contributed by atoms with van der Waals surface area (Å²) < 4.78 is 39.1. The SMILES string of the molecule is CN(C)[C@H]1C(O)=C(C(N)=O)C(=O)[C@@]2(O)C(O)=C3C(=O)c4c(O)ccc(-c5ccc(NC(=O)C6CCCN6C(=O)C(F)(F)F)cc5)c4C[C@H]3C[C@@H]12. The van der Waals surface area contributed by atoms with Gasteiger partial charge < -0.3 is 36.4 Å². The van der Waals surface area contributed by atoms with Crippen LogP contribution in [-0.2, 0) is 25.6 Å². The second-order valence-corrected chi connectivity index (χ2v) is 13.2. The molecule has 7 N–H and O–H groups in total. The Bertz CT molecular complexity index is 1920. The van der Waals surface area contributed by atoms with Crippen LogP contribution < -0.4 is 11.1 Å². The van der Waals surface area contributed by atoms with Crippen molar-refractivity contribution in [3.63, 3.8) is 0 Å². The van der Waals surface area contributed by atoms with Gasteiger partial charge in [0, 0.05) is 23.7 Å². The van der Waals surface area contributed by atoms with Gasteiger partial charge in [0.1, 0.15) is 28.9 Å². The second kappa shape index (κ2) is 12.0. The highest BCUT2D eigenvalue weighted by Gasteiger charge is 2.63. The molecule has 3 aliphatic carbocycles. The molecule has 2 aromatic carbocycles. The number of nitrogens with two attached hydrogens (primary N) is 1. The Kier molecular flexibility index (Phi) is 8.30. The first-order valence-corrected chi connectivity index (χ1v) is 15.7. The normalized spacial score (nSPS) is 26.5. The Hall–Kier alpha value is -5.22. The Morgan fingerprint density at radius 1 is 1.04 bits per heavy atom. The number of rotatable bonds is 5. The van der Waals surface area contributed by atoms with Gasteiger partial charge in [0.15, 0.2) is 11.4 Å². The molecule has 1 aliphatic heterocycles. The molecule has 264 valence electrons. The van der Waals surface area contributed by atoms with Crippen LogP contribution in [0.4, 0.5) is 18.9 Å². The van der Waals surface area contributed by atoms with E-state index in [1.165, 1.54) is 37.2 Å². The third-order valence-corrected chi connectivity index (χ3v) is 10.1. The number of aromatic hydroxyl groups is 1. The maximum Gasteiger partial charge on any atom is 0.471 e. The molecule has 0 radical (unpaired) electrons. The summed E-state index contributed by atoms with van der Waals surface area (Å²) in [6.07, 6.45) is -4.87. The van der Waals surface area contributed by atoms with E-state index >= 15 is 0 Å². The van der Waals surface area contributed by atoms with Crippen LogP contribution in [0.1, 0.15) is 35.2 Å². The molecule has 0 aromatic heterocycles. The molecular weight excluding hydrogens is 665 g/mol. The molecule has 16 heteroatoms. The van der Waals surface area contributed by atoms with Crippen LogP contribution in [0.15, 0.2) is 59.1 Å². The summed E-state index contributed by atoms with van der Waals surface area (Å²) in [5, 5.41) is 47.6. The minimum absolute atomic E-state index is 0.0432. The number of halogens is 3. The molecule has 2 aromatic rings. The molecular formula is C34H33F3N4O9. The second-order valence-electron chi connectivity index (χ2n) is 13.2. The zero-order valence-electron chi connectivity index (χ0n) is 26.7. The maximum absolute atomic E-state index is 14.0. The number of alkyl halides is 3. The van der Waals surface area contributed by atoms with E-state index in [1.54, 1.807) is 18.2 Å². The number of allylic oxidation sites excluding steroid dienone is 1. The van der Waals surface area contributed by atoms with Crippen LogP contribution >= 0.6 is 0 Å². The van der Waals surface area contributed by atoms with Crippen LogP contribution in [0.25, 0.3) is 11.1 Å². The first-order valence-electron chi connectivity index (χ1n) is 15.7. The van der Waals surface area contributed by atoms with E-state index < -0.39 is 87.8 Å². The third kappa shape index (κ3) is 5.20. The highest BCUT2D eigenvalue weighted by molar-refractivity contribution is 6.25. The number of aliphatic hydroxyl groups excluding tert-OH is 2. The number of hydrogen-bond donors (Lipinski definition) is 6. The summed E-state index contributed by atoms with van der Waals surface area (Å²) in [6, 6.07) is 6.51. The monoisotopic (exact) mass is 698 g/mol. The van der Waals surface area contributed by atoms with Crippen molar-refractivity contribution in [2.24, 2.45) is 17.6 Å². The number of fused-ring (bicyclic) bond motifs is 3. The highest BCUT2D eigenvalue weighted by atomic mass is 19.4. The molecule has 0 saturated carbocycles. The van der Waals surface area contributed by atoms with Gasteiger partial charge in [-0.25, -0.2) is 0 Å². The van der Waals surface area contributed by atoms with Gasteiger partial charge >= 0.3 is 12.1 Å². The number of carbonyl (C=O) groups excluding carboxylic acids is 5. The maximum atomic E-state index is 14.0. The predicted octanol–water partition coefficient (Wildman–Crippen LogP) is 2.28. The summed E-state index contributed by atoms with van der Waals surface area (Å²) in [7, 11) is 3.06. The number of nitrogens with zero attached hydrogens (tertiary/aromatic N) is 2. The molecule has 1 unspecified atom stereocenters. The average Bonchev–Trinajstić information content (AvgIpc) is 3.52. The molecule has 50 heavy (non-hydrogen) atoms. The molecule has 5 atom stereocenters. The summed E-state index contributed by atoms with van der Waals surface area (Å²) in [5.74, 6) is -10.5. The van der Waals surface area contributed by atoms with Crippen molar-refractivity contribution in [2.45, 2.75) is 49.5 Å². The van der Waals surface area contributed by atoms with Crippen LogP contribution in [0, 0.1) is 11.8 Å². The molecule has 13 nitrogen and oxygen atoms in total. The summed E-state index contributed by atoms with van der Waals surface area (Å²) in [6.45, 7) is -0.200. The highest BCUT2D eigenvalue weighted by Crippen LogP contribution is 2.53. The summed E-state index contributed by atoms with van der Waals surface area (Å²) in [5.41, 5.74) is 2.83. The molecule has 1 saturated heterocycles. The van der Waals surface area contributed by atoms with E-state index in [-0.39, 0.29) is 49.1 Å². The molecule has 0 bridgehead atoms. The Labute approximate surface area is 282 Å². The third-order valence-electron chi connectivity index (χ3n) is 10.1. The number of aliphatic hydroxyl groups is 3. The van der Waals surface area contributed by atoms with E-state index in [2.05, 4.69) is 5.32 Å². The number of carbonyl (C=O) groups is 5. The minimum atomic E-state index is -5.11. The number of likely N-dealkylation sites (tertiary alicyclic amines) is 1. The lowest BCUT2D eigenvalue weighted by atomic mass is 9.58. The van der Waals surface area contributed by atoms with Crippen molar-refractivity contribution < 1.29 is 57.6 Å². The molecule has 0 spiro atoms. The topological polar surface area (TPSA) is 211 Å². The van der Waals surface area contributed by atoms with Gasteiger partial charge in [-0.1, -0.05) is 18.2 Å². The number of amides is 3. The number of phenols is 1. The quantitative estimate of drug-likeness (QED) is 0.251. The van der Waals surface area contributed by atoms with E-state index in [0.717, 1.165) is 0 Å². The van der Waals surface area contributed by atoms with Crippen LogP contribution in [0.5, 0.6) is 5.75 Å². The largest absolute Gasteiger partial charge is 0.510 e. The van der Waals surface area contributed by atoms with Crippen molar-refractivity contribution in [2.75, 3.05) is 26.0 Å². The molecule has 6 rings (SSSR count). The van der Waals surface area contributed by atoms with Gasteiger partial charge in [-0.3, -0.25) is 28.9 Å². The Balaban J connectivity index is 1.33. The van der Waals surface area contributed by atoms with E-state index in [9.17, 15) is 57.6 Å². The standard InChI is InChI=1S/C34H33F3N4O9/c1-40(2)25-19-13-15-12-18-17(14-5-7-16(8-6-14)39-31(48)20-4-3-11-41(20)32(49)34(35,36)37)9-10-21(42)23(18)26(43)22(15)28(45)33(19,50)29(46)24(27(25)44)30(38)47/h5-10,15,19-20,25,42,44-45,50H,3-4,11-13H2,1-2H3,(H2,38,47)(H,39,48)/t15-,19-,20?,25+,33-/m0/s1. The fourth-order valence-electron chi connectivity index (χ4n) is 7.92. The number of primary amides is 1. The molecule has 1 heterocycles. The predicted molar refractivity (Wildman–Crippen MR) is 169 cm³/mol. The zero-order chi connectivity index (χ0) is 36.6. The van der Waals surface area contributed by atoms with E-state index in [0.29, 0.717) is 21.6 Å². The first-order chi connectivity index (χ1) is 23.4. The first kappa shape index (κ1) is 34.6.